The van der Waals surface area contributed by atoms with Crippen LogP contribution >= 0.6 is 0 Å². The van der Waals surface area contributed by atoms with E-state index in [1.165, 1.54) is 14.0 Å². The van der Waals surface area contributed by atoms with E-state index in [1.54, 1.807) is 34.6 Å². The van der Waals surface area contributed by atoms with Gasteiger partial charge in [0.2, 0.25) is 11.8 Å². The van der Waals surface area contributed by atoms with Crippen molar-refractivity contribution in [3.05, 3.63) is 71.8 Å². The van der Waals surface area contributed by atoms with Crippen LogP contribution in [0, 0.1) is 17.8 Å². The molecule has 6 unspecified atom stereocenters. The Morgan fingerprint density at radius 2 is 1.23 bits per heavy atom. The number of carbonyl (C=O) groups is 5. The molecule has 258 valence electrons. The monoisotopic (exact) mass is 654 g/mol. The van der Waals surface area contributed by atoms with E-state index in [2.05, 4.69) is 21.3 Å². The molecule has 0 aliphatic carbocycles. The molecule has 0 aliphatic heterocycles. The minimum atomic E-state index is -1.22. The van der Waals surface area contributed by atoms with Gasteiger partial charge in [-0.2, -0.15) is 0 Å². The number of benzene rings is 2. The lowest BCUT2D eigenvalue weighted by Crippen LogP contribution is -2.58. The van der Waals surface area contributed by atoms with Crippen LogP contribution < -0.4 is 21.3 Å². The summed E-state index contributed by atoms with van der Waals surface area (Å²) < 4.78 is 10.1. The van der Waals surface area contributed by atoms with Gasteiger partial charge in [-0.05, 0) is 43.2 Å². The predicted octanol–water partition coefficient (Wildman–Crippen LogP) is 2.52. The van der Waals surface area contributed by atoms with Crippen molar-refractivity contribution in [2.24, 2.45) is 17.8 Å². The number of hydrogen-bond acceptors (Lipinski definition) is 9. The van der Waals surface area contributed by atoms with E-state index in [1.807, 2.05) is 60.7 Å². The Hall–Kier alpha value is -4.29. The highest BCUT2D eigenvalue weighted by molar-refractivity contribution is 5.92. The molecule has 6 atom stereocenters. The van der Waals surface area contributed by atoms with Gasteiger partial charge < -0.3 is 35.8 Å². The Morgan fingerprint density at radius 1 is 0.702 bits per heavy atom. The molecule has 0 heterocycles. The molecule has 2 rings (SSSR count). The first kappa shape index (κ1) is 38.9. The summed E-state index contributed by atoms with van der Waals surface area (Å²) in [4.78, 5) is 64.3. The number of Topliss-reactive ketones (excluding diaryl/α,β-unsaturated/α-hetero) is 1. The average Bonchev–Trinajstić information content (AvgIpc) is 3.05. The molecule has 5 N–H and O–H groups in total. The molecule has 0 spiro atoms. The number of nitrogens with one attached hydrogen (secondary N) is 4. The Morgan fingerprint density at radius 3 is 1.77 bits per heavy atom. The molecule has 3 amide bonds. The predicted molar refractivity (Wildman–Crippen MR) is 177 cm³/mol. The van der Waals surface area contributed by atoms with Gasteiger partial charge in [-0.3, -0.25) is 14.4 Å². The molecule has 0 saturated heterocycles. The molecule has 12 heteroatoms. The zero-order chi connectivity index (χ0) is 35.1. The Kier molecular flexibility index (Phi) is 16.0. The fourth-order valence-corrected chi connectivity index (χ4v) is 4.84. The van der Waals surface area contributed by atoms with Crippen molar-refractivity contribution >= 4 is 29.7 Å². The number of carbonyl (C=O) groups excluding carboxylic acids is 5. The molecule has 2 aromatic carbocycles. The molecule has 12 nitrogen and oxygen atoms in total. The summed E-state index contributed by atoms with van der Waals surface area (Å²) in [5, 5.41) is 22.1. The normalized spacial score (nSPS) is 15.0. The standard InChI is InChI=1S/C35H50N4O8/c1-21(2)29(33(43)39-30(22(3)4)34(44)46-7)38-32(42)24(6)36-19-28(40)27(18-25-14-10-8-11-15-25)31(41)23(5)37-35(45)47-20-26-16-12-9-13-17-26/h8-17,21-24,27-30,36,40H,18-20H2,1-7H3,(H,37,45)(H,38,42)(H,39,43). The average molecular weight is 655 g/mol. The molecular formula is C35H50N4O8. The fraction of sp³-hybridized carbons (Fsp3) is 0.514. The molecule has 0 radical (unpaired) electrons. The highest BCUT2D eigenvalue weighted by atomic mass is 16.5. The number of esters is 1. The van der Waals surface area contributed by atoms with E-state index in [0.717, 1.165) is 11.1 Å². The molecule has 0 fully saturated rings. The summed E-state index contributed by atoms with van der Waals surface area (Å²) in [6.45, 7) is 10.1. The zero-order valence-corrected chi connectivity index (χ0v) is 28.3. The summed E-state index contributed by atoms with van der Waals surface area (Å²) in [6, 6.07) is 14.7. The molecule has 47 heavy (non-hydrogen) atoms. The lowest BCUT2D eigenvalue weighted by Gasteiger charge is -2.28. The van der Waals surface area contributed by atoms with E-state index in [-0.39, 0.29) is 31.4 Å². The third-order valence-electron chi connectivity index (χ3n) is 7.80. The maximum absolute atomic E-state index is 13.6. The molecule has 2 aromatic rings. The van der Waals surface area contributed by atoms with Crippen LogP contribution in [0.3, 0.4) is 0 Å². The number of alkyl carbamates (subject to hydrolysis) is 1. The summed E-state index contributed by atoms with van der Waals surface area (Å²) in [6.07, 6.45) is -1.79. The molecule has 0 saturated carbocycles. The smallest absolute Gasteiger partial charge is 0.408 e. The molecule has 0 bridgehead atoms. The molecule has 0 aromatic heterocycles. The highest BCUT2D eigenvalue weighted by Crippen LogP contribution is 2.17. The number of aliphatic hydroxyl groups is 1. The quantitative estimate of drug-likeness (QED) is 0.152. The van der Waals surface area contributed by atoms with Crippen molar-refractivity contribution in [1.29, 1.82) is 0 Å². The maximum Gasteiger partial charge on any atom is 0.408 e. The van der Waals surface area contributed by atoms with Crippen LogP contribution in [0.2, 0.25) is 0 Å². The van der Waals surface area contributed by atoms with Gasteiger partial charge >= 0.3 is 12.1 Å². The lowest BCUT2D eigenvalue weighted by atomic mass is 9.87. The maximum atomic E-state index is 13.6. The summed E-state index contributed by atoms with van der Waals surface area (Å²) >= 11 is 0. The zero-order valence-electron chi connectivity index (χ0n) is 28.3. The van der Waals surface area contributed by atoms with Crippen molar-refractivity contribution in [3.8, 4) is 0 Å². The number of methoxy groups -OCH3 is 1. The summed E-state index contributed by atoms with van der Waals surface area (Å²) in [7, 11) is 1.24. The summed E-state index contributed by atoms with van der Waals surface area (Å²) in [5.74, 6) is -3.48. The lowest BCUT2D eigenvalue weighted by molar-refractivity contribution is -0.146. The van der Waals surface area contributed by atoms with Crippen LogP contribution in [0.15, 0.2) is 60.7 Å². The largest absolute Gasteiger partial charge is 0.467 e. The van der Waals surface area contributed by atoms with Crippen LogP contribution in [0.4, 0.5) is 4.79 Å². The van der Waals surface area contributed by atoms with Crippen molar-refractivity contribution < 1.29 is 38.6 Å². The van der Waals surface area contributed by atoms with Gasteiger partial charge in [-0.25, -0.2) is 9.59 Å². The van der Waals surface area contributed by atoms with Gasteiger partial charge in [0, 0.05) is 6.54 Å². The molecular weight excluding hydrogens is 604 g/mol. The minimum Gasteiger partial charge on any atom is -0.467 e. The Labute approximate surface area is 277 Å². The van der Waals surface area contributed by atoms with Crippen molar-refractivity contribution in [1.82, 2.24) is 21.3 Å². The third-order valence-corrected chi connectivity index (χ3v) is 7.80. The first-order valence-corrected chi connectivity index (χ1v) is 15.9. The van der Waals surface area contributed by atoms with Crippen LogP contribution in [-0.4, -0.2) is 78.7 Å². The third kappa shape index (κ3) is 12.8. The van der Waals surface area contributed by atoms with Crippen LogP contribution in [0.25, 0.3) is 0 Å². The van der Waals surface area contributed by atoms with E-state index >= 15 is 0 Å². The highest BCUT2D eigenvalue weighted by Gasteiger charge is 2.34. The van der Waals surface area contributed by atoms with E-state index in [9.17, 15) is 29.1 Å². The van der Waals surface area contributed by atoms with Gasteiger partial charge in [0.15, 0.2) is 5.78 Å². The second kappa shape index (κ2) is 19.4. The van der Waals surface area contributed by atoms with Gasteiger partial charge in [-0.1, -0.05) is 88.4 Å². The van der Waals surface area contributed by atoms with Crippen LogP contribution in [0.5, 0.6) is 0 Å². The van der Waals surface area contributed by atoms with Crippen molar-refractivity contribution in [2.45, 2.75) is 84.8 Å². The molecule has 0 aliphatic rings. The van der Waals surface area contributed by atoms with Gasteiger partial charge in [0.05, 0.1) is 31.2 Å². The number of ketones is 1. The number of amides is 3. The second-order valence-corrected chi connectivity index (χ2v) is 12.3. The van der Waals surface area contributed by atoms with Gasteiger partial charge in [-0.15, -0.1) is 0 Å². The van der Waals surface area contributed by atoms with Gasteiger partial charge in [0.1, 0.15) is 18.7 Å². The number of aliphatic hydroxyl groups excluding tert-OH is 1. The van der Waals surface area contributed by atoms with E-state index < -0.39 is 65.8 Å². The number of hydrogen-bond donors (Lipinski definition) is 5. The first-order valence-electron chi connectivity index (χ1n) is 15.9. The van der Waals surface area contributed by atoms with Crippen molar-refractivity contribution in [2.75, 3.05) is 13.7 Å². The Bertz CT molecular complexity index is 1310. The summed E-state index contributed by atoms with van der Waals surface area (Å²) in [5.41, 5.74) is 1.61. The fourth-order valence-electron chi connectivity index (χ4n) is 4.84. The second-order valence-electron chi connectivity index (χ2n) is 12.3. The first-order chi connectivity index (χ1) is 22.2. The number of ether oxygens (including phenoxy) is 2. The van der Waals surface area contributed by atoms with Crippen LogP contribution in [0.1, 0.15) is 52.7 Å². The SMILES string of the molecule is COC(=O)C(NC(=O)C(NC(=O)C(C)NCC(O)C(Cc1ccccc1)C(=O)C(C)NC(=O)OCc1ccccc1)C(C)C)C(C)C. The van der Waals surface area contributed by atoms with Gasteiger partial charge in [0.25, 0.3) is 0 Å². The van der Waals surface area contributed by atoms with Crippen molar-refractivity contribution in [3.63, 3.8) is 0 Å². The van der Waals surface area contributed by atoms with Crippen LogP contribution in [-0.2, 0) is 41.7 Å². The minimum absolute atomic E-state index is 0.0381. The van der Waals surface area contributed by atoms with E-state index in [0.29, 0.717) is 0 Å². The number of rotatable bonds is 18. The van der Waals surface area contributed by atoms with E-state index in [4.69, 9.17) is 9.47 Å². The topological polar surface area (TPSA) is 172 Å². The Balaban J connectivity index is 2.05.